The van der Waals surface area contributed by atoms with E-state index in [0.29, 0.717) is 16.0 Å². The Balaban J connectivity index is 1.95. The molecule has 3 aromatic rings. The highest BCUT2D eigenvalue weighted by molar-refractivity contribution is 7.22. The molecule has 24 heavy (non-hydrogen) atoms. The molecule has 2 heterocycles. The van der Waals surface area contributed by atoms with Crippen molar-refractivity contribution in [2.75, 3.05) is 0 Å². The van der Waals surface area contributed by atoms with Gasteiger partial charge in [-0.2, -0.15) is 0 Å². The molecule has 0 saturated carbocycles. The summed E-state index contributed by atoms with van der Waals surface area (Å²) in [7, 11) is 0. The van der Waals surface area contributed by atoms with Gasteiger partial charge in [-0.15, -0.1) is 11.3 Å². The molecule has 0 spiro atoms. The van der Waals surface area contributed by atoms with Crippen LogP contribution in [0.2, 0.25) is 0 Å². The first kappa shape index (κ1) is 16.4. The van der Waals surface area contributed by atoms with Crippen LogP contribution in [0.25, 0.3) is 20.7 Å². The molecule has 0 aliphatic carbocycles. The number of nitrogens with one attached hydrogen (secondary N) is 2. The second-order valence-electron chi connectivity index (χ2n) is 6.10. The maximum atomic E-state index is 12.3. The van der Waals surface area contributed by atoms with Gasteiger partial charge in [0.2, 0.25) is 5.91 Å². The molecule has 0 atom stereocenters. The molecule has 0 bridgehead atoms. The van der Waals surface area contributed by atoms with Gasteiger partial charge in [-0.25, -0.2) is 4.98 Å². The number of aromatic amines is 1. The number of aryl methyl sites for hydroxylation is 1. The number of aromatic nitrogens is 2. The van der Waals surface area contributed by atoms with Gasteiger partial charge < -0.3 is 10.3 Å². The summed E-state index contributed by atoms with van der Waals surface area (Å²) in [6, 6.07) is 10.1. The Morgan fingerprint density at radius 2 is 2.00 bits per heavy atom. The Bertz CT molecular complexity index is 939. The molecule has 0 radical (unpaired) electrons. The lowest BCUT2D eigenvalue weighted by Crippen LogP contribution is -2.32. The Labute approximate surface area is 143 Å². The van der Waals surface area contributed by atoms with E-state index in [1.54, 1.807) is 0 Å². The van der Waals surface area contributed by atoms with E-state index in [-0.39, 0.29) is 23.9 Å². The van der Waals surface area contributed by atoms with E-state index < -0.39 is 0 Å². The number of hydrogen-bond acceptors (Lipinski definition) is 4. The van der Waals surface area contributed by atoms with Gasteiger partial charge in [-0.3, -0.25) is 9.59 Å². The fourth-order valence-corrected chi connectivity index (χ4v) is 3.45. The molecule has 0 saturated heterocycles. The SMILES string of the molecule is Cc1ccc(-c2cc3nc(CC(=O)NC(C)C)[nH]c(=O)c3s2)cc1. The van der Waals surface area contributed by atoms with Crippen LogP contribution >= 0.6 is 11.3 Å². The number of H-pyrrole nitrogens is 1. The van der Waals surface area contributed by atoms with Gasteiger partial charge in [-0.05, 0) is 32.4 Å². The average molecular weight is 341 g/mol. The highest BCUT2D eigenvalue weighted by Gasteiger charge is 2.12. The number of amides is 1. The second-order valence-corrected chi connectivity index (χ2v) is 7.15. The maximum absolute atomic E-state index is 12.3. The monoisotopic (exact) mass is 341 g/mol. The van der Waals surface area contributed by atoms with E-state index in [9.17, 15) is 9.59 Å². The Hall–Kier alpha value is -2.47. The third-order valence-electron chi connectivity index (χ3n) is 3.55. The van der Waals surface area contributed by atoms with Gasteiger partial charge in [0.15, 0.2) is 0 Å². The lowest BCUT2D eigenvalue weighted by atomic mass is 10.1. The minimum Gasteiger partial charge on any atom is -0.354 e. The van der Waals surface area contributed by atoms with Gasteiger partial charge in [0.1, 0.15) is 10.5 Å². The van der Waals surface area contributed by atoms with Crippen LogP contribution in [0.3, 0.4) is 0 Å². The minimum atomic E-state index is -0.198. The molecule has 6 heteroatoms. The fraction of sp³-hybridized carbons (Fsp3) is 0.278. The molecule has 2 N–H and O–H groups in total. The number of carbonyl (C=O) groups is 1. The standard InChI is InChI=1S/C18H19N3O2S/c1-10(2)19-16(22)9-15-20-13-8-14(24-17(13)18(23)21-15)12-6-4-11(3)5-7-12/h4-8,10H,9H2,1-3H3,(H,19,22)(H,20,21,23). The van der Waals surface area contributed by atoms with Crippen molar-refractivity contribution in [3.05, 3.63) is 52.1 Å². The summed E-state index contributed by atoms with van der Waals surface area (Å²) < 4.78 is 0.582. The number of rotatable bonds is 4. The molecular weight excluding hydrogens is 322 g/mol. The summed E-state index contributed by atoms with van der Waals surface area (Å²) in [4.78, 5) is 32.3. The number of carbonyl (C=O) groups excluding carboxylic acids is 1. The summed E-state index contributed by atoms with van der Waals surface area (Å²) >= 11 is 1.41. The van der Waals surface area contributed by atoms with Gasteiger partial charge in [-0.1, -0.05) is 29.8 Å². The van der Waals surface area contributed by atoms with Crippen LogP contribution in [-0.4, -0.2) is 21.9 Å². The number of thiophene rings is 1. The van der Waals surface area contributed by atoms with Gasteiger partial charge >= 0.3 is 0 Å². The first-order valence-corrected chi connectivity index (χ1v) is 8.63. The van der Waals surface area contributed by atoms with E-state index in [1.165, 1.54) is 16.9 Å². The minimum absolute atomic E-state index is 0.0576. The molecule has 5 nitrogen and oxygen atoms in total. The molecule has 124 valence electrons. The zero-order valence-corrected chi connectivity index (χ0v) is 14.7. The summed E-state index contributed by atoms with van der Waals surface area (Å²) in [5.74, 6) is 0.236. The van der Waals surface area contributed by atoms with E-state index in [4.69, 9.17) is 0 Å². The molecule has 0 aliphatic rings. The second kappa shape index (κ2) is 6.57. The van der Waals surface area contributed by atoms with Gasteiger partial charge in [0, 0.05) is 10.9 Å². The van der Waals surface area contributed by atoms with Crippen LogP contribution < -0.4 is 10.9 Å². The quantitative estimate of drug-likeness (QED) is 0.766. The zero-order chi connectivity index (χ0) is 17.3. The third kappa shape index (κ3) is 3.54. The first-order chi connectivity index (χ1) is 11.4. The highest BCUT2D eigenvalue weighted by Crippen LogP contribution is 2.30. The molecule has 1 amide bonds. The normalized spacial score (nSPS) is 11.2. The van der Waals surface area contributed by atoms with Crippen LogP contribution in [0.5, 0.6) is 0 Å². The lowest BCUT2D eigenvalue weighted by molar-refractivity contribution is -0.121. The van der Waals surface area contributed by atoms with E-state index in [1.807, 2.05) is 51.1 Å². The highest BCUT2D eigenvalue weighted by atomic mass is 32.1. The first-order valence-electron chi connectivity index (χ1n) is 7.81. The Kier molecular flexibility index (Phi) is 4.49. The zero-order valence-electron chi connectivity index (χ0n) is 13.8. The van der Waals surface area contributed by atoms with E-state index >= 15 is 0 Å². The number of fused-ring (bicyclic) bond motifs is 1. The molecule has 3 rings (SSSR count). The average Bonchev–Trinajstić information content (AvgIpc) is 2.91. The van der Waals surface area contributed by atoms with E-state index in [2.05, 4.69) is 15.3 Å². The summed E-state index contributed by atoms with van der Waals surface area (Å²) in [6.45, 7) is 5.82. The van der Waals surface area contributed by atoms with Crippen molar-refractivity contribution in [3.63, 3.8) is 0 Å². The molecule has 0 unspecified atom stereocenters. The van der Waals surface area contributed by atoms with Crippen molar-refractivity contribution in [3.8, 4) is 10.4 Å². The lowest BCUT2D eigenvalue weighted by Gasteiger charge is -2.07. The Morgan fingerprint density at radius 1 is 1.29 bits per heavy atom. The number of benzene rings is 1. The van der Waals surface area contributed by atoms with Crippen LogP contribution in [0, 0.1) is 6.92 Å². The van der Waals surface area contributed by atoms with Crippen molar-refractivity contribution in [1.82, 2.24) is 15.3 Å². The van der Waals surface area contributed by atoms with Crippen LogP contribution in [-0.2, 0) is 11.2 Å². The van der Waals surface area contributed by atoms with E-state index in [0.717, 1.165) is 10.4 Å². The summed E-state index contributed by atoms with van der Waals surface area (Å²) in [5.41, 5.74) is 2.68. The fourth-order valence-electron chi connectivity index (χ4n) is 2.46. The van der Waals surface area contributed by atoms with Crippen LogP contribution in [0.4, 0.5) is 0 Å². The van der Waals surface area contributed by atoms with Crippen molar-refractivity contribution < 1.29 is 4.79 Å². The molecule has 0 aliphatic heterocycles. The van der Waals surface area contributed by atoms with Crippen LogP contribution in [0.15, 0.2) is 35.1 Å². The Morgan fingerprint density at radius 3 is 2.67 bits per heavy atom. The predicted molar refractivity (Wildman–Crippen MR) is 97.4 cm³/mol. The largest absolute Gasteiger partial charge is 0.354 e. The van der Waals surface area contributed by atoms with Crippen molar-refractivity contribution in [2.45, 2.75) is 33.2 Å². The van der Waals surface area contributed by atoms with Crippen molar-refractivity contribution in [1.29, 1.82) is 0 Å². The van der Waals surface area contributed by atoms with Crippen LogP contribution in [0.1, 0.15) is 25.2 Å². The molecule has 2 aromatic heterocycles. The molecule has 0 fully saturated rings. The maximum Gasteiger partial charge on any atom is 0.268 e. The van der Waals surface area contributed by atoms with Gasteiger partial charge in [0.25, 0.3) is 5.56 Å². The van der Waals surface area contributed by atoms with Gasteiger partial charge in [0.05, 0.1) is 11.9 Å². The van der Waals surface area contributed by atoms with Crippen molar-refractivity contribution >= 4 is 27.5 Å². The number of hydrogen-bond donors (Lipinski definition) is 2. The summed E-state index contributed by atoms with van der Waals surface area (Å²) in [6.07, 6.45) is 0.0685. The van der Waals surface area contributed by atoms with Crippen molar-refractivity contribution in [2.24, 2.45) is 0 Å². The molecule has 1 aromatic carbocycles. The molecular formula is C18H19N3O2S. The topological polar surface area (TPSA) is 74.8 Å². The smallest absolute Gasteiger partial charge is 0.268 e. The summed E-state index contributed by atoms with van der Waals surface area (Å²) in [5, 5.41) is 2.80. The third-order valence-corrected chi connectivity index (χ3v) is 4.72. The number of nitrogens with zero attached hydrogens (tertiary/aromatic N) is 1. The predicted octanol–water partition coefficient (Wildman–Crippen LogP) is 3.03.